The molecule has 6 heteroatoms. The van der Waals surface area contributed by atoms with Gasteiger partial charge in [-0.15, -0.1) is 10.2 Å². The summed E-state index contributed by atoms with van der Waals surface area (Å²) in [4.78, 5) is 14.6. The molecule has 0 spiro atoms. The van der Waals surface area contributed by atoms with Gasteiger partial charge in [-0.2, -0.15) is 0 Å². The summed E-state index contributed by atoms with van der Waals surface area (Å²) in [5.41, 5.74) is 1.44. The Balaban J connectivity index is 1.75. The average Bonchev–Trinajstić information content (AvgIpc) is 3.15. The van der Waals surface area contributed by atoms with E-state index in [0.29, 0.717) is 23.8 Å². The van der Waals surface area contributed by atoms with Gasteiger partial charge in [0.25, 0.3) is 5.91 Å². The van der Waals surface area contributed by atoms with Crippen LogP contribution in [0.15, 0.2) is 28.7 Å². The van der Waals surface area contributed by atoms with E-state index in [0.717, 1.165) is 24.9 Å². The Morgan fingerprint density at radius 3 is 2.74 bits per heavy atom. The normalized spacial score (nSPS) is 19.1. The van der Waals surface area contributed by atoms with Gasteiger partial charge in [0.1, 0.15) is 0 Å². The average molecular weight is 315 g/mol. The standard InChI is InChI=1S/C17H21N3O3/c1-11(21)10-15-4-3-9-20(15)17(22)14-7-5-13(6-8-14)16-19-18-12(2)23-16/h5-8,11,15,21H,3-4,9-10H2,1-2H3. The number of amides is 1. The fraction of sp³-hybridized carbons (Fsp3) is 0.471. The number of hydrogen-bond acceptors (Lipinski definition) is 5. The largest absolute Gasteiger partial charge is 0.421 e. The first kappa shape index (κ1) is 15.7. The molecule has 2 aromatic rings. The minimum Gasteiger partial charge on any atom is -0.421 e. The van der Waals surface area contributed by atoms with Crippen LogP contribution in [0.5, 0.6) is 0 Å². The summed E-state index contributed by atoms with van der Waals surface area (Å²) < 4.78 is 5.39. The van der Waals surface area contributed by atoms with Gasteiger partial charge in [0, 0.05) is 30.6 Å². The van der Waals surface area contributed by atoms with Crippen molar-refractivity contribution in [3.05, 3.63) is 35.7 Å². The van der Waals surface area contributed by atoms with Crippen LogP contribution in [0.2, 0.25) is 0 Å². The van der Waals surface area contributed by atoms with E-state index in [1.165, 1.54) is 0 Å². The number of carbonyl (C=O) groups excluding carboxylic acids is 1. The second kappa shape index (κ2) is 6.50. The van der Waals surface area contributed by atoms with E-state index in [1.807, 2.05) is 17.0 Å². The molecule has 3 rings (SSSR count). The molecule has 1 aliphatic heterocycles. The topological polar surface area (TPSA) is 79.5 Å². The number of aromatic nitrogens is 2. The van der Waals surface area contributed by atoms with Gasteiger partial charge in [-0.05, 0) is 50.5 Å². The molecule has 1 N–H and O–H groups in total. The number of aryl methyl sites for hydroxylation is 1. The number of aliphatic hydroxyl groups is 1. The number of likely N-dealkylation sites (tertiary alicyclic amines) is 1. The van der Waals surface area contributed by atoms with E-state index >= 15 is 0 Å². The van der Waals surface area contributed by atoms with Crippen molar-refractivity contribution in [1.82, 2.24) is 15.1 Å². The predicted molar refractivity (Wildman–Crippen MR) is 84.8 cm³/mol. The van der Waals surface area contributed by atoms with Crippen molar-refractivity contribution in [2.45, 2.75) is 45.3 Å². The Morgan fingerprint density at radius 2 is 2.13 bits per heavy atom. The molecular formula is C17H21N3O3. The lowest BCUT2D eigenvalue weighted by molar-refractivity contribution is 0.0682. The van der Waals surface area contributed by atoms with Crippen LogP contribution in [-0.4, -0.2) is 44.8 Å². The van der Waals surface area contributed by atoms with Gasteiger partial charge in [-0.1, -0.05) is 0 Å². The van der Waals surface area contributed by atoms with E-state index < -0.39 is 6.10 Å². The second-order valence-electron chi connectivity index (χ2n) is 6.08. The zero-order chi connectivity index (χ0) is 16.4. The Morgan fingerprint density at radius 1 is 1.39 bits per heavy atom. The van der Waals surface area contributed by atoms with Gasteiger partial charge < -0.3 is 14.4 Å². The van der Waals surface area contributed by atoms with Crippen LogP contribution in [0.1, 0.15) is 42.4 Å². The predicted octanol–water partition coefficient (Wildman–Crippen LogP) is 2.42. The van der Waals surface area contributed by atoms with E-state index in [-0.39, 0.29) is 11.9 Å². The maximum Gasteiger partial charge on any atom is 0.254 e. The van der Waals surface area contributed by atoms with Gasteiger partial charge in [0.05, 0.1) is 6.10 Å². The molecule has 2 atom stereocenters. The van der Waals surface area contributed by atoms with E-state index in [9.17, 15) is 9.90 Å². The summed E-state index contributed by atoms with van der Waals surface area (Å²) in [5.74, 6) is 0.981. The van der Waals surface area contributed by atoms with Crippen LogP contribution in [0, 0.1) is 6.92 Å². The monoisotopic (exact) mass is 315 g/mol. The summed E-state index contributed by atoms with van der Waals surface area (Å²) in [7, 11) is 0. The van der Waals surface area contributed by atoms with E-state index in [2.05, 4.69) is 10.2 Å². The highest BCUT2D eigenvalue weighted by Crippen LogP contribution is 2.25. The number of aliphatic hydroxyl groups excluding tert-OH is 1. The van der Waals surface area contributed by atoms with Crippen molar-refractivity contribution < 1.29 is 14.3 Å². The molecule has 2 heterocycles. The quantitative estimate of drug-likeness (QED) is 0.937. The summed E-state index contributed by atoms with van der Waals surface area (Å²) in [6.07, 6.45) is 2.18. The third-order valence-corrected chi connectivity index (χ3v) is 4.16. The van der Waals surface area contributed by atoms with Gasteiger partial charge >= 0.3 is 0 Å². The van der Waals surface area contributed by atoms with Crippen LogP contribution in [-0.2, 0) is 0 Å². The molecule has 1 fully saturated rings. The van der Waals surface area contributed by atoms with Crippen molar-refractivity contribution in [2.24, 2.45) is 0 Å². The number of rotatable bonds is 4. The zero-order valence-corrected chi connectivity index (χ0v) is 13.4. The first-order valence-electron chi connectivity index (χ1n) is 7.94. The van der Waals surface area contributed by atoms with Gasteiger partial charge in [0.2, 0.25) is 11.8 Å². The molecular weight excluding hydrogens is 294 g/mol. The van der Waals surface area contributed by atoms with Crippen molar-refractivity contribution >= 4 is 5.91 Å². The summed E-state index contributed by atoms with van der Waals surface area (Å²) in [6.45, 7) is 4.26. The molecule has 1 aromatic heterocycles. The third kappa shape index (κ3) is 3.42. The van der Waals surface area contributed by atoms with Crippen LogP contribution in [0.3, 0.4) is 0 Å². The Hall–Kier alpha value is -2.21. The van der Waals surface area contributed by atoms with Crippen LogP contribution < -0.4 is 0 Å². The van der Waals surface area contributed by atoms with Crippen molar-refractivity contribution in [2.75, 3.05) is 6.54 Å². The summed E-state index contributed by atoms with van der Waals surface area (Å²) in [6, 6.07) is 7.34. The van der Waals surface area contributed by atoms with Crippen molar-refractivity contribution in [3.8, 4) is 11.5 Å². The molecule has 1 amide bonds. The maximum absolute atomic E-state index is 12.7. The molecule has 6 nitrogen and oxygen atoms in total. The second-order valence-corrected chi connectivity index (χ2v) is 6.08. The molecule has 23 heavy (non-hydrogen) atoms. The molecule has 0 aliphatic carbocycles. The number of carbonyl (C=O) groups is 1. The first-order valence-corrected chi connectivity index (χ1v) is 7.94. The molecule has 0 bridgehead atoms. The minimum absolute atomic E-state index is 0.0152. The number of nitrogens with zero attached hydrogens (tertiary/aromatic N) is 3. The highest BCUT2D eigenvalue weighted by atomic mass is 16.4. The van der Waals surface area contributed by atoms with Gasteiger partial charge in [-0.25, -0.2) is 0 Å². The Bertz CT molecular complexity index is 679. The highest BCUT2D eigenvalue weighted by molar-refractivity contribution is 5.95. The third-order valence-electron chi connectivity index (χ3n) is 4.16. The molecule has 1 aromatic carbocycles. The summed E-state index contributed by atoms with van der Waals surface area (Å²) in [5, 5.41) is 17.4. The number of benzene rings is 1. The summed E-state index contributed by atoms with van der Waals surface area (Å²) >= 11 is 0. The molecule has 1 saturated heterocycles. The van der Waals surface area contributed by atoms with E-state index in [1.54, 1.807) is 26.0 Å². The molecule has 0 radical (unpaired) electrons. The van der Waals surface area contributed by atoms with E-state index in [4.69, 9.17) is 4.42 Å². The Labute approximate surface area is 135 Å². The fourth-order valence-corrected chi connectivity index (χ4v) is 3.08. The molecule has 1 aliphatic rings. The van der Waals surface area contributed by atoms with Crippen molar-refractivity contribution in [1.29, 1.82) is 0 Å². The first-order chi connectivity index (χ1) is 11.0. The van der Waals surface area contributed by atoms with Gasteiger partial charge in [-0.3, -0.25) is 4.79 Å². The number of hydrogen-bond donors (Lipinski definition) is 1. The maximum atomic E-state index is 12.7. The smallest absolute Gasteiger partial charge is 0.254 e. The van der Waals surface area contributed by atoms with Crippen LogP contribution in [0.25, 0.3) is 11.5 Å². The Kier molecular flexibility index (Phi) is 4.43. The van der Waals surface area contributed by atoms with Crippen molar-refractivity contribution in [3.63, 3.8) is 0 Å². The molecule has 122 valence electrons. The SMILES string of the molecule is Cc1nnc(-c2ccc(C(=O)N3CCCC3CC(C)O)cc2)o1. The molecule has 2 unspecified atom stereocenters. The fourth-order valence-electron chi connectivity index (χ4n) is 3.08. The zero-order valence-electron chi connectivity index (χ0n) is 13.4. The van der Waals surface area contributed by atoms with Gasteiger partial charge in [0.15, 0.2) is 0 Å². The lowest BCUT2D eigenvalue weighted by Gasteiger charge is -2.25. The van der Waals surface area contributed by atoms with Crippen LogP contribution >= 0.6 is 0 Å². The minimum atomic E-state index is -0.392. The highest BCUT2D eigenvalue weighted by Gasteiger charge is 2.30. The lowest BCUT2D eigenvalue weighted by atomic mass is 10.1. The van der Waals surface area contributed by atoms with Crippen LogP contribution in [0.4, 0.5) is 0 Å². The lowest BCUT2D eigenvalue weighted by Crippen LogP contribution is -2.37. The molecule has 0 saturated carbocycles.